The second-order valence-electron chi connectivity index (χ2n) is 5.06. The molecule has 3 aromatic rings. The predicted octanol–water partition coefficient (Wildman–Crippen LogP) is 2.04. The number of carbonyl (C=O) groups is 1. The maximum Gasteiger partial charge on any atom is 0.292 e. The minimum Gasteiger partial charge on any atom is -0.282 e. The fourth-order valence-corrected chi connectivity index (χ4v) is 2.09. The molecule has 7 heteroatoms. The van der Waals surface area contributed by atoms with Gasteiger partial charge in [0.25, 0.3) is 5.91 Å². The number of aromatic nitrogens is 4. The van der Waals surface area contributed by atoms with Gasteiger partial charge in [-0.05, 0) is 38.1 Å². The van der Waals surface area contributed by atoms with Crippen molar-refractivity contribution in [2.75, 3.05) is 5.43 Å². The lowest BCUT2D eigenvalue weighted by Crippen LogP contribution is -2.30. The third-order valence-electron chi connectivity index (χ3n) is 3.36. The summed E-state index contributed by atoms with van der Waals surface area (Å²) >= 11 is 0. The van der Waals surface area contributed by atoms with E-state index in [0.717, 1.165) is 11.3 Å². The molecule has 0 saturated heterocycles. The minimum absolute atomic E-state index is 0.258. The maximum atomic E-state index is 12.2. The van der Waals surface area contributed by atoms with Gasteiger partial charge in [0.2, 0.25) is 0 Å². The summed E-state index contributed by atoms with van der Waals surface area (Å²) in [6, 6.07) is 13.2. The molecule has 116 valence electrons. The highest BCUT2D eigenvalue weighted by molar-refractivity contribution is 5.93. The van der Waals surface area contributed by atoms with Crippen LogP contribution in [0.2, 0.25) is 0 Å². The van der Waals surface area contributed by atoms with E-state index >= 15 is 0 Å². The van der Waals surface area contributed by atoms with Gasteiger partial charge in [-0.3, -0.25) is 15.6 Å². The normalized spacial score (nSPS) is 10.3. The first-order valence-corrected chi connectivity index (χ1v) is 7.12. The molecule has 0 spiro atoms. The molecule has 0 saturated carbocycles. The molecular weight excluding hydrogens is 292 g/mol. The zero-order chi connectivity index (χ0) is 16.2. The molecule has 7 nitrogen and oxygen atoms in total. The van der Waals surface area contributed by atoms with Crippen molar-refractivity contribution in [2.45, 2.75) is 13.8 Å². The summed E-state index contributed by atoms with van der Waals surface area (Å²) in [5.41, 5.74) is 8.24. The largest absolute Gasteiger partial charge is 0.292 e. The number of aryl methyl sites for hydroxylation is 1. The van der Waals surface area contributed by atoms with Gasteiger partial charge in [0.05, 0.1) is 11.4 Å². The topological polar surface area (TPSA) is 84.7 Å². The summed E-state index contributed by atoms with van der Waals surface area (Å²) in [7, 11) is 0. The van der Waals surface area contributed by atoms with Gasteiger partial charge in [-0.2, -0.15) is 0 Å². The fourth-order valence-electron chi connectivity index (χ4n) is 2.09. The first-order valence-electron chi connectivity index (χ1n) is 7.12. The molecule has 0 atom stereocenters. The lowest BCUT2D eigenvalue weighted by Gasteiger charge is -2.07. The molecule has 0 fully saturated rings. The smallest absolute Gasteiger partial charge is 0.282 e. The van der Waals surface area contributed by atoms with E-state index in [1.807, 2.05) is 37.3 Å². The van der Waals surface area contributed by atoms with Crippen molar-refractivity contribution in [3.05, 3.63) is 65.6 Å². The number of rotatable bonds is 4. The Bertz CT molecular complexity index is 810. The third kappa shape index (κ3) is 3.18. The van der Waals surface area contributed by atoms with Crippen LogP contribution in [-0.2, 0) is 0 Å². The number of amides is 1. The average molecular weight is 308 g/mol. The fraction of sp³-hybridized carbons (Fsp3) is 0.125. The second kappa shape index (κ2) is 6.27. The number of pyridine rings is 1. The third-order valence-corrected chi connectivity index (χ3v) is 3.36. The van der Waals surface area contributed by atoms with Crippen LogP contribution < -0.4 is 10.9 Å². The molecule has 0 aliphatic heterocycles. The number of anilines is 1. The Labute approximate surface area is 133 Å². The number of nitrogens with zero attached hydrogens (tertiary/aromatic N) is 4. The molecule has 0 radical (unpaired) electrons. The zero-order valence-electron chi connectivity index (χ0n) is 12.8. The first-order chi connectivity index (χ1) is 11.1. The summed E-state index contributed by atoms with van der Waals surface area (Å²) in [6.45, 7) is 3.82. The van der Waals surface area contributed by atoms with Crippen molar-refractivity contribution in [1.82, 2.24) is 25.4 Å². The molecule has 0 bridgehead atoms. The van der Waals surface area contributed by atoms with Crippen LogP contribution in [0.15, 0.2) is 48.7 Å². The van der Waals surface area contributed by atoms with Gasteiger partial charge >= 0.3 is 0 Å². The van der Waals surface area contributed by atoms with Gasteiger partial charge in [0.1, 0.15) is 5.82 Å². The number of hydrazine groups is 1. The molecule has 2 N–H and O–H groups in total. The standard InChI is InChI=1S/C16H16N6O/c1-11-6-8-13(9-7-11)22-12(2)15(19-21-22)16(23)20-18-14-5-3-4-10-17-14/h3-10H,1-2H3,(H,17,18)(H,20,23). The SMILES string of the molecule is Cc1ccc(-n2nnc(C(=O)NNc3ccccn3)c2C)cc1. The van der Waals surface area contributed by atoms with Crippen LogP contribution in [0.3, 0.4) is 0 Å². The molecule has 2 heterocycles. The van der Waals surface area contributed by atoms with E-state index in [1.165, 1.54) is 0 Å². The number of benzene rings is 1. The Morgan fingerprint density at radius 1 is 1.09 bits per heavy atom. The summed E-state index contributed by atoms with van der Waals surface area (Å²) in [4.78, 5) is 16.3. The van der Waals surface area contributed by atoms with Crippen molar-refractivity contribution in [3.8, 4) is 5.69 Å². The van der Waals surface area contributed by atoms with E-state index in [0.29, 0.717) is 11.5 Å². The number of hydrogen-bond donors (Lipinski definition) is 2. The van der Waals surface area contributed by atoms with Crippen LogP contribution in [0, 0.1) is 13.8 Å². The Morgan fingerprint density at radius 2 is 1.87 bits per heavy atom. The van der Waals surface area contributed by atoms with Crippen molar-refractivity contribution in [2.24, 2.45) is 0 Å². The van der Waals surface area contributed by atoms with Crippen LogP contribution in [-0.4, -0.2) is 25.9 Å². The number of hydrogen-bond acceptors (Lipinski definition) is 5. The predicted molar refractivity (Wildman–Crippen MR) is 86.2 cm³/mol. The summed E-state index contributed by atoms with van der Waals surface area (Å²) in [5.74, 6) is 0.177. The molecule has 0 unspecified atom stereocenters. The van der Waals surface area contributed by atoms with Gasteiger partial charge in [0.15, 0.2) is 5.69 Å². The highest BCUT2D eigenvalue weighted by Gasteiger charge is 2.17. The minimum atomic E-state index is -0.369. The highest BCUT2D eigenvalue weighted by atomic mass is 16.2. The molecule has 0 aliphatic rings. The Balaban J connectivity index is 1.76. The molecule has 0 aliphatic carbocycles. The quantitative estimate of drug-likeness (QED) is 0.720. The van der Waals surface area contributed by atoms with Gasteiger partial charge in [-0.1, -0.05) is 29.0 Å². The molecular formula is C16H16N6O. The van der Waals surface area contributed by atoms with E-state index in [4.69, 9.17) is 0 Å². The van der Waals surface area contributed by atoms with Crippen molar-refractivity contribution in [3.63, 3.8) is 0 Å². The number of carbonyl (C=O) groups excluding carboxylic acids is 1. The zero-order valence-corrected chi connectivity index (χ0v) is 12.8. The lowest BCUT2D eigenvalue weighted by atomic mass is 10.2. The van der Waals surface area contributed by atoms with E-state index in [-0.39, 0.29) is 11.6 Å². The second-order valence-corrected chi connectivity index (χ2v) is 5.06. The average Bonchev–Trinajstić information content (AvgIpc) is 2.96. The van der Waals surface area contributed by atoms with Gasteiger partial charge in [0, 0.05) is 6.20 Å². The van der Waals surface area contributed by atoms with E-state index in [1.54, 1.807) is 29.9 Å². The highest BCUT2D eigenvalue weighted by Crippen LogP contribution is 2.13. The Morgan fingerprint density at radius 3 is 2.57 bits per heavy atom. The molecule has 1 aromatic carbocycles. The van der Waals surface area contributed by atoms with Crippen LogP contribution in [0.5, 0.6) is 0 Å². The lowest BCUT2D eigenvalue weighted by molar-refractivity contribution is 0.0957. The van der Waals surface area contributed by atoms with Crippen LogP contribution in [0.25, 0.3) is 5.69 Å². The maximum absolute atomic E-state index is 12.2. The van der Waals surface area contributed by atoms with Crippen LogP contribution in [0.1, 0.15) is 21.7 Å². The molecule has 2 aromatic heterocycles. The van der Waals surface area contributed by atoms with Crippen molar-refractivity contribution >= 4 is 11.7 Å². The molecule has 1 amide bonds. The van der Waals surface area contributed by atoms with Crippen molar-refractivity contribution in [1.29, 1.82) is 0 Å². The molecule has 3 rings (SSSR count). The van der Waals surface area contributed by atoms with Gasteiger partial charge in [-0.15, -0.1) is 5.10 Å². The van der Waals surface area contributed by atoms with E-state index in [9.17, 15) is 4.79 Å². The monoisotopic (exact) mass is 308 g/mol. The van der Waals surface area contributed by atoms with Crippen LogP contribution in [0.4, 0.5) is 5.82 Å². The van der Waals surface area contributed by atoms with Gasteiger partial charge in [-0.25, -0.2) is 9.67 Å². The first kappa shape index (κ1) is 14.7. The molecule has 23 heavy (non-hydrogen) atoms. The number of nitrogens with one attached hydrogen (secondary N) is 2. The van der Waals surface area contributed by atoms with Crippen molar-refractivity contribution < 1.29 is 4.79 Å². The summed E-state index contributed by atoms with van der Waals surface area (Å²) in [6.07, 6.45) is 1.63. The van der Waals surface area contributed by atoms with Crippen LogP contribution >= 0.6 is 0 Å². The van der Waals surface area contributed by atoms with E-state index < -0.39 is 0 Å². The van der Waals surface area contributed by atoms with Gasteiger partial charge < -0.3 is 0 Å². The van der Waals surface area contributed by atoms with E-state index in [2.05, 4.69) is 26.1 Å². The summed E-state index contributed by atoms with van der Waals surface area (Å²) < 4.78 is 1.63. The summed E-state index contributed by atoms with van der Waals surface area (Å²) in [5, 5.41) is 8.02. The Hall–Kier alpha value is -3.22. The Kier molecular flexibility index (Phi) is 4.01.